The molecule has 32 heavy (non-hydrogen) atoms. The first-order valence-electron chi connectivity index (χ1n) is 10.1. The standard InChI is InChI=1S/C22H26F3N5O.HI/c1-2-26-21(28-13-16-3-7-18(8-4-16)22(23,24)25)29-14-17-5-9-19(10-6-17)30-12-11-27-20(31)15-30;/h3-10H,2,11-15H2,1H3,(H,27,31)(H2,26,28,29);1H. The smallest absolute Gasteiger partial charge is 0.360 e. The van der Waals surface area contributed by atoms with Crippen molar-refractivity contribution in [2.75, 3.05) is 31.1 Å². The minimum atomic E-state index is -4.34. The highest BCUT2D eigenvalue weighted by atomic mass is 127. The number of alkyl halides is 3. The SMILES string of the molecule is CCNC(=NCc1ccc(N2CCNC(=O)C2)cc1)NCc1ccc(C(F)(F)F)cc1.I. The normalized spacial score (nSPS) is 14.4. The topological polar surface area (TPSA) is 68.8 Å². The van der Waals surface area contributed by atoms with E-state index in [9.17, 15) is 18.0 Å². The van der Waals surface area contributed by atoms with Gasteiger partial charge >= 0.3 is 6.18 Å². The van der Waals surface area contributed by atoms with Crippen molar-refractivity contribution >= 4 is 41.5 Å². The number of piperazine rings is 1. The van der Waals surface area contributed by atoms with Gasteiger partial charge in [0, 0.05) is 31.9 Å². The maximum Gasteiger partial charge on any atom is 0.416 e. The van der Waals surface area contributed by atoms with Gasteiger partial charge in [0.25, 0.3) is 0 Å². The van der Waals surface area contributed by atoms with Crippen molar-refractivity contribution in [3.8, 4) is 0 Å². The number of carbonyl (C=O) groups is 1. The molecule has 2 aromatic rings. The maximum absolute atomic E-state index is 12.7. The van der Waals surface area contributed by atoms with Gasteiger partial charge in [-0.15, -0.1) is 24.0 Å². The van der Waals surface area contributed by atoms with Crippen LogP contribution >= 0.6 is 24.0 Å². The minimum absolute atomic E-state index is 0. The summed E-state index contributed by atoms with van der Waals surface area (Å²) in [5, 5.41) is 9.08. The lowest BCUT2D eigenvalue weighted by Gasteiger charge is -2.28. The molecule has 0 aromatic heterocycles. The van der Waals surface area contributed by atoms with E-state index in [-0.39, 0.29) is 29.9 Å². The lowest BCUT2D eigenvalue weighted by Crippen LogP contribution is -2.47. The Hall–Kier alpha value is -2.50. The van der Waals surface area contributed by atoms with Gasteiger partial charge in [-0.25, -0.2) is 4.99 Å². The number of anilines is 1. The Morgan fingerprint density at radius 2 is 1.72 bits per heavy atom. The molecule has 3 N–H and O–H groups in total. The largest absolute Gasteiger partial charge is 0.416 e. The molecule has 0 bridgehead atoms. The van der Waals surface area contributed by atoms with Gasteiger partial charge in [0.2, 0.25) is 5.91 Å². The lowest BCUT2D eigenvalue weighted by molar-refractivity contribution is -0.137. The molecule has 10 heteroatoms. The zero-order valence-corrected chi connectivity index (χ0v) is 20.0. The monoisotopic (exact) mass is 561 g/mol. The molecule has 0 saturated carbocycles. The summed E-state index contributed by atoms with van der Waals surface area (Å²) in [6, 6.07) is 13.0. The number of amides is 1. The van der Waals surface area contributed by atoms with Crippen molar-refractivity contribution in [2.24, 2.45) is 4.99 Å². The molecule has 1 fully saturated rings. The second-order valence-corrected chi connectivity index (χ2v) is 7.18. The Balaban J connectivity index is 0.00000363. The maximum atomic E-state index is 12.7. The van der Waals surface area contributed by atoms with Crippen molar-refractivity contribution in [1.29, 1.82) is 0 Å². The van der Waals surface area contributed by atoms with Crippen LogP contribution in [0.1, 0.15) is 23.6 Å². The van der Waals surface area contributed by atoms with Crippen LogP contribution in [-0.2, 0) is 24.1 Å². The lowest BCUT2D eigenvalue weighted by atomic mass is 10.1. The van der Waals surface area contributed by atoms with E-state index in [0.717, 1.165) is 35.5 Å². The average molecular weight is 561 g/mol. The van der Waals surface area contributed by atoms with Crippen molar-refractivity contribution in [1.82, 2.24) is 16.0 Å². The summed E-state index contributed by atoms with van der Waals surface area (Å²) in [5.74, 6) is 0.605. The van der Waals surface area contributed by atoms with Crippen LogP contribution in [0.25, 0.3) is 0 Å². The summed E-state index contributed by atoms with van der Waals surface area (Å²) in [7, 11) is 0. The van der Waals surface area contributed by atoms with Crippen LogP contribution in [0.3, 0.4) is 0 Å². The van der Waals surface area contributed by atoms with Crippen LogP contribution in [0.2, 0.25) is 0 Å². The molecular formula is C22H27F3IN5O. The molecule has 0 aliphatic carbocycles. The fraction of sp³-hybridized carbons (Fsp3) is 0.364. The Kier molecular flexibility index (Phi) is 9.60. The molecular weight excluding hydrogens is 534 g/mol. The number of aliphatic imine (C=N–C) groups is 1. The molecule has 0 spiro atoms. The molecule has 1 aliphatic heterocycles. The molecule has 1 amide bonds. The highest BCUT2D eigenvalue weighted by Gasteiger charge is 2.29. The first-order valence-corrected chi connectivity index (χ1v) is 10.1. The third-order valence-electron chi connectivity index (χ3n) is 4.85. The van der Waals surface area contributed by atoms with E-state index in [1.54, 1.807) is 0 Å². The van der Waals surface area contributed by atoms with Gasteiger partial charge in [0.05, 0.1) is 18.7 Å². The van der Waals surface area contributed by atoms with Gasteiger partial charge < -0.3 is 20.9 Å². The first kappa shape index (κ1) is 25.8. The fourth-order valence-electron chi connectivity index (χ4n) is 3.18. The van der Waals surface area contributed by atoms with E-state index < -0.39 is 11.7 Å². The third-order valence-corrected chi connectivity index (χ3v) is 4.85. The molecule has 6 nitrogen and oxygen atoms in total. The number of nitrogens with one attached hydrogen (secondary N) is 3. The van der Waals surface area contributed by atoms with Gasteiger partial charge in [0.1, 0.15) is 0 Å². The summed E-state index contributed by atoms with van der Waals surface area (Å²) >= 11 is 0. The van der Waals surface area contributed by atoms with Gasteiger partial charge in [0.15, 0.2) is 5.96 Å². The van der Waals surface area contributed by atoms with E-state index in [1.165, 1.54) is 12.1 Å². The second kappa shape index (κ2) is 11.9. The predicted molar refractivity (Wildman–Crippen MR) is 130 cm³/mol. The zero-order chi connectivity index (χ0) is 22.3. The Morgan fingerprint density at radius 3 is 2.31 bits per heavy atom. The number of hydrogen-bond donors (Lipinski definition) is 3. The molecule has 174 valence electrons. The fourth-order valence-corrected chi connectivity index (χ4v) is 3.18. The highest BCUT2D eigenvalue weighted by Crippen LogP contribution is 2.29. The van der Waals surface area contributed by atoms with Crippen LogP contribution in [0, 0.1) is 0 Å². The summed E-state index contributed by atoms with van der Waals surface area (Å²) in [5.41, 5.74) is 2.07. The van der Waals surface area contributed by atoms with Crippen LogP contribution < -0.4 is 20.9 Å². The van der Waals surface area contributed by atoms with Crippen molar-refractivity contribution in [3.05, 3.63) is 65.2 Å². The van der Waals surface area contributed by atoms with E-state index in [1.807, 2.05) is 36.1 Å². The molecule has 0 unspecified atom stereocenters. The second-order valence-electron chi connectivity index (χ2n) is 7.18. The molecule has 1 saturated heterocycles. The molecule has 0 atom stereocenters. The van der Waals surface area contributed by atoms with Gasteiger partial charge in [-0.1, -0.05) is 24.3 Å². The van der Waals surface area contributed by atoms with E-state index in [2.05, 4.69) is 20.9 Å². The Bertz CT molecular complexity index is 901. The molecule has 1 aliphatic rings. The summed E-state index contributed by atoms with van der Waals surface area (Å²) in [6.45, 7) is 5.19. The summed E-state index contributed by atoms with van der Waals surface area (Å²) < 4.78 is 38.0. The molecule has 2 aromatic carbocycles. The Labute approximate surface area is 202 Å². The van der Waals surface area contributed by atoms with Gasteiger partial charge in [-0.3, -0.25) is 4.79 Å². The van der Waals surface area contributed by atoms with Crippen molar-refractivity contribution in [2.45, 2.75) is 26.2 Å². The van der Waals surface area contributed by atoms with Gasteiger partial charge in [-0.2, -0.15) is 13.2 Å². The summed E-state index contributed by atoms with van der Waals surface area (Å²) in [6.07, 6.45) is -4.34. The molecule has 3 rings (SSSR count). The predicted octanol–water partition coefficient (Wildman–Crippen LogP) is 3.51. The number of carbonyl (C=O) groups excluding carboxylic acids is 1. The van der Waals surface area contributed by atoms with Crippen LogP contribution in [0.4, 0.5) is 18.9 Å². The number of nitrogens with zero attached hydrogens (tertiary/aromatic N) is 2. The summed E-state index contributed by atoms with van der Waals surface area (Å²) in [4.78, 5) is 18.1. The minimum Gasteiger partial charge on any atom is -0.360 e. The number of hydrogen-bond acceptors (Lipinski definition) is 3. The number of halogens is 4. The van der Waals surface area contributed by atoms with Crippen molar-refractivity contribution < 1.29 is 18.0 Å². The average Bonchev–Trinajstić information content (AvgIpc) is 2.76. The van der Waals surface area contributed by atoms with Crippen LogP contribution in [-0.4, -0.2) is 38.0 Å². The first-order chi connectivity index (χ1) is 14.8. The van der Waals surface area contributed by atoms with Gasteiger partial charge in [-0.05, 0) is 42.3 Å². The zero-order valence-electron chi connectivity index (χ0n) is 17.7. The van der Waals surface area contributed by atoms with E-state index in [4.69, 9.17) is 0 Å². The quantitative estimate of drug-likeness (QED) is 0.287. The molecule has 0 radical (unpaired) electrons. The van der Waals surface area contributed by atoms with Crippen LogP contribution in [0.15, 0.2) is 53.5 Å². The Morgan fingerprint density at radius 1 is 1.06 bits per heavy atom. The number of benzene rings is 2. The highest BCUT2D eigenvalue weighted by molar-refractivity contribution is 14.0. The third kappa shape index (κ3) is 7.57. The van der Waals surface area contributed by atoms with Crippen LogP contribution in [0.5, 0.6) is 0 Å². The number of guanidine groups is 1. The van der Waals surface area contributed by atoms with E-state index >= 15 is 0 Å². The molecule has 1 heterocycles. The number of rotatable bonds is 6. The van der Waals surface area contributed by atoms with E-state index in [0.29, 0.717) is 38.7 Å². The van der Waals surface area contributed by atoms with Crippen molar-refractivity contribution in [3.63, 3.8) is 0 Å².